The smallest absolute Gasteiger partial charge is 0.341 e. The average Bonchev–Trinajstić information content (AvgIpc) is 2.60. The van der Waals surface area contributed by atoms with Crippen LogP contribution in [0.4, 0.5) is 5.95 Å². The summed E-state index contributed by atoms with van der Waals surface area (Å²) in [4.78, 5) is 19.7. The van der Waals surface area contributed by atoms with E-state index in [0.717, 1.165) is 43.4 Å². The highest BCUT2D eigenvalue weighted by Crippen LogP contribution is 2.28. The van der Waals surface area contributed by atoms with Gasteiger partial charge in [0, 0.05) is 12.1 Å². The number of carbonyl (C=O) groups is 1. The quantitative estimate of drug-likeness (QED) is 0.813. The number of hydrogen-bond acceptors (Lipinski definition) is 5. The summed E-state index contributed by atoms with van der Waals surface area (Å²) < 4.78 is 5.38. The molecule has 1 heterocycles. The second-order valence-corrected chi connectivity index (χ2v) is 5.83. The molecule has 0 fully saturated rings. The number of aryl methyl sites for hydroxylation is 1. The first-order valence-corrected chi connectivity index (χ1v) is 8.24. The molecule has 6 nitrogen and oxygen atoms in total. The second kappa shape index (κ2) is 7.77. The molecule has 0 radical (unpaired) electrons. The number of anilines is 1. The van der Waals surface area contributed by atoms with Gasteiger partial charge in [-0.25, -0.2) is 9.78 Å². The van der Waals surface area contributed by atoms with Gasteiger partial charge in [-0.2, -0.15) is 4.98 Å². The predicted molar refractivity (Wildman–Crippen MR) is 90.4 cm³/mol. The number of hydrogen-bond donors (Lipinski definition) is 2. The number of nitrogens with one attached hydrogen (secondary N) is 1. The van der Waals surface area contributed by atoms with E-state index in [1.54, 1.807) is 0 Å². The Balaban J connectivity index is 1.70. The van der Waals surface area contributed by atoms with Crippen LogP contribution in [-0.4, -0.2) is 34.2 Å². The zero-order chi connectivity index (χ0) is 16.8. The van der Waals surface area contributed by atoms with Crippen molar-refractivity contribution in [2.75, 3.05) is 18.5 Å². The van der Waals surface area contributed by atoms with Gasteiger partial charge >= 0.3 is 5.97 Å². The van der Waals surface area contributed by atoms with Crippen LogP contribution in [0, 0.1) is 0 Å². The highest BCUT2D eigenvalue weighted by Gasteiger charge is 2.19. The molecule has 1 aliphatic carbocycles. The molecule has 0 atom stereocenters. The monoisotopic (exact) mass is 327 g/mol. The van der Waals surface area contributed by atoms with Gasteiger partial charge in [-0.05, 0) is 37.7 Å². The van der Waals surface area contributed by atoms with E-state index in [1.165, 1.54) is 5.56 Å². The third kappa shape index (κ3) is 4.22. The molecule has 2 N–H and O–H groups in total. The standard InChI is InChI=1S/C18H21N3O3/c22-16(23)12-24-17-14-8-4-5-9-15(14)20-18(21-17)19-11-10-13-6-2-1-3-7-13/h1-3,6-7H,4-5,8-12H2,(H,22,23)(H,19,20,21). The largest absolute Gasteiger partial charge is 0.479 e. The number of benzene rings is 1. The molecular formula is C18H21N3O3. The second-order valence-electron chi connectivity index (χ2n) is 5.83. The van der Waals surface area contributed by atoms with Gasteiger partial charge in [-0.3, -0.25) is 0 Å². The molecule has 0 saturated heterocycles. The summed E-state index contributed by atoms with van der Waals surface area (Å²) in [5.74, 6) is -0.0898. The topological polar surface area (TPSA) is 84.3 Å². The van der Waals surface area contributed by atoms with E-state index in [0.29, 0.717) is 18.4 Å². The van der Waals surface area contributed by atoms with Crippen LogP contribution in [-0.2, 0) is 24.1 Å². The lowest BCUT2D eigenvalue weighted by Gasteiger charge is -2.19. The van der Waals surface area contributed by atoms with Crippen molar-refractivity contribution in [1.82, 2.24) is 9.97 Å². The van der Waals surface area contributed by atoms with Crippen molar-refractivity contribution in [3.63, 3.8) is 0 Å². The molecule has 0 aliphatic heterocycles. The third-order valence-corrected chi connectivity index (χ3v) is 4.02. The minimum atomic E-state index is -1.00. The molecule has 0 bridgehead atoms. The summed E-state index contributed by atoms with van der Waals surface area (Å²) in [6, 6.07) is 10.2. The minimum Gasteiger partial charge on any atom is -0.479 e. The van der Waals surface area contributed by atoms with Crippen molar-refractivity contribution < 1.29 is 14.6 Å². The maximum absolute atomic E-state index is 10.8. The third-order valence-electron chi connectivity index (χ3n) is 4.02. The summed E-state index contributed by atoms with van der Waals surface area (Å²) >= 11 is 0. The number of fused-ring (bicyclic) bond motifs is 1. The highest BCUT2D eigenvalue weighted by molar-refractivity contribution is 5.68. The normalized spacial score (nSPS) is 13.2. The van der Waals surface area contributed by atoms with Crippen LogP contribution in [0.3, 0.4) is 0 Å². The Kier molecular flexibility index (Phi) is 5.25. The summed E-state index contributed by atoms with van der Waals surface area (Å²) in [5.41, 5.74) is 3.17. The van der Waals surface area contributed by atoms with Gasteiger partial charge in [0.1, 0.15) is 0 Å². The Morgan fingerprint density at radius 2 is 1.96 bits per heavy atom. The van der Waals surface area contributed by atoms with E-state index in [2.05, 4.69) is 27.4 Å². The van der Waals surface area contributed by atoms with Gasteiger partial charge in [-0.15, -0.1) is 0 Å². The van der Waals surface area contributed by atoms with Gasteiger partial charge < -0.3 is 15.2 Å². The van der Waals surface area contributed by atoms with E-state index in [-0.39, 0.29) is 6.61 Å². The fourth-order valence-corrected chi connectivity index (χ4v) is 2.85. The lowest BCUT2D eigenvalue weighted by atomic mass is 9.97. The van der Waals surface area contributed by atoms with Crippen molar-refractivity contribution >= 4 is 11.9 Å². The number of carboxylic acids is 1. The first-order chi connectivity index (χ1) is 11.7. The Bertz CT molecular complexity index is 704. The number of carboxylic acid groups (broad SMARTS) is 1. The number of rotatable bonds is 7. The fourth-order valence-electron chi connectivity index (χ4n) is 2.85. The van der Waals surface area contributed by atoms with Crippen LogP contribution in [0.25, 0.3) is 0 Å². The predicted octanol–water partition coefficient (Wildman–Crippen LogP) is 2.47. The molecule has 1 aromatic heterocycles. The number of aromatic nitrogens is 2. The van der Waals surface area contributed by atoms with Crippen LogP contribution >= 0.6 is 0 Å². The minimum absolute atomic E-state index is 0.382. The van der Waals surface area contributed by atoms with E-state index >= 15 is 0 Å². The van der Waals surface area contributed by atoms with Crippen molar-refractivity contribution in [1.29, 1.82) is 0 Å². The first kappa shape index (κ1) is 16.2. The van der Waals surface area contributed by atoms with Crippen LogP contribution in [0.2, 0.25) is 0 Å². The van der Waals surface area contributed by atoms with Gasteiger partial charge in [0.25, 0.3) is 0 Å². The lowest BCUT2D eigenvalue weighted by Crippen LogP contribution is -2.17. The molecule has 2 aromatic rings. The van der Waals surface area contributed by atoms with Crippen LogP contribution in [0.5, 0.6) is 5.88 Å². The summed E-state index contributed by atoms with van der Waals surface area (Å²) in [6.45, 7) is 0.327. The van der Waals surface area contributed by atoms with Gasteiger partial charge in [0.15, 0.2) is 6.61 Å². The molecule has 24 heavy (non-hydrogen) atoms. The van der Waals surface area contributed by atoms with Gasteiger partial charge in [-0.1, -0.05) is 30.3 Å². The Labute approximate surface area is 140 Å². The SMILES string of the molecule is O=C(O)COc1nc(NCCc2ccccc2)nc2c1CCCC2. The van der Waals surface area contributed by atoms with Crippen LogP contribution in [0.1, 0.15) is 29.7 Å². The molecule has 126 valence electrons. The number of ether oxygens (including phenoxy) is 1. The first-order valence-electron chi connectivity index (χ1n) is 8.24. The number of aliphatic carboxylic acids is 1. The molecule has 1 aliphatic rings. The van der Waals surface area contributed by atoms with Crippen molar-refractivity contribution in [2.45, 2.75) is 32.1 Å². The molecule has 0 amide bonds. The molecule has 0 unspecified atom stereocenters. The Hall–Kier alpha value is -2.63. The summed E-state index contributed by atoms with van der Waals surface area (Å²) in [7, 11) is 0. The number of nitrogens with zero attached hydrogens (tertiary/aromatic N) is 2. The van der Waals surface area contributed by atoms with E-state index < -0.39 is 5.97 Å². The molecule has 0 saturated carbocycles. The van der Waals surface area contributed by atoms with Crippen molar-refractivity contribution in [3.05, 3.63) is 47.2 Å². The van der Waals surface area contributed by atoms with Crippen molar-refractivity contribution in [3.8, 4) is 5.88 Å². The maximum atomic E-state index is 10.8. The van der Waals surface area contributed by atoms with E-state index in [4.69, 9.17) is 9.84 Å². The van der Waals surface area contributed by atoms with E-state index in [1.807, 2.05) is 18.2 Å². The molecule has 3 rings (SSSR count). The summed E-state index contributed by atoms with van der Waals surface area (Å²) in [6.07, 6.45) is 4.74. The van der Waals surface area contributed by atoms with E-state index in [9.17, 15) is 4.79 Å². The average molecular weight is 327 g/mol. The highest BCUT2D eigenvalue weighted by atomic mass is 16.5. The summed E-state index contributed by atoms with van der Waals surface area (Å²) in [5, 5.41) is 12.1. The Morgan fingerprint density at radius 1 is 1.17 bits per heavy atom. The molecule has 6 heteroatoms. The fraction of sp³-hybridized carbons (Fsp3) is 0.389. The lowest BCUT2D eigenvalue weighted by molar-refractivity contribution is -0.139. The van der Waals surface area contributed by atoms with Gasteiger partial charge in [0.2, 0.25) is 11.8 Å². The molecular weight excluding hydrogens is 306 g/mol. The van der Waals surface area contributed by atoms with Crippen molar-refractivity contribution in [2.24, 2.45) is 0 Å². The molecule has 1 aromatic carbocycles. The zero-order valence-corrected chi connectivity index (χ0v) is 13.5. The molecule has 0 spiro atoms. The maximum Gasteiger partial charge on any atom is 0.341 e. The van der Waals surface area contributed by atoms with Crippen LogP contribution < -0.4 is 10.1 Å². The Morgan fingerprint density at radius 3 is 2.75 bits per heavy atom. The van der Waals surface area contributed by atoms with Crippen LogP contribution in [0.15, 0.2) is 30.3 Å². The van der Waals surface area contributed by atoms with Gasteiger partial charge in [0.05, 0.1) is 5.69 Å². The zero-order valence-electron chi connectivity index (χ0n) is 13.5.